The van der Waals surface area contributed by atoms with E-state index in [2.05, 4.69) is 5.32 Å². The third-order valence-electron chi connectivity index (χ3n) is 6.55. The molecule has 0 saturated heterocycles. The van der Waals surface area contributed by atoms with E-state index >= 15 is 0 Å². The minimum Gasteiger partial charge on any atom is -0.497 e. The zero-order valence-electron chi connectivity index (χ0n) is 23.4. The topological polar surface area (TPSA) is 96.0 Å². The molecule has 39 heavy (non-hydrogen) atoms. The first-order valence-electron chi connectivity index (χ1n) is 12.8. The van der Waals surface area contributed by atoms with Crippen molar-refractivity contribution in [3.05, 3.63) is 89.0 Å². The summed E-state index contributed by atoms with van der Waals surface area (Å²) in [4.78, 5) is 28.3. The highest BCUT2D eigenvalue weighted by atomic mass is 32.2. The lowest BCUT2D eigenvalue weighted by molar-refractivity contribution is -0.139. The zero-order valence-corrected chi connectivity index (χ0v) is 24.2. The Labute approximate surface area is 231 Å². The molecule has 2 amide bonds. The average molecular weight is 552 g/mol. The third kappa shape index (κ3) is 7.17. The van der Waals surface area contributed by atoms with E-state index in [0.717, 1.165) is 21.0 Å². The van der Waals surface area contributed by atoms with Crippen LogP contribution in [0.15, 0.2) is 71.6 Å². The number of nitrogens with zero attached hydrogens (tertiary/aromatic N) is 2. The number of carbonyl (C=O) groups is 2. The van der Waals surface area contributed by atoms with Crippen LogP contribution in [0.3, 0.4) is 0 Å². The molecular weight excluding hydrogens is 514 g/mol. The summed E-state index contributed by atoms with van der Waals surface area (Å²) in [6, 6.07) is 18.4. The van der Waals surface area contributed by atoms with Crippen molar-refractivity contribution < 1.29 is 22.7 Å². The monoisotopic (exact) mass is 551 g/mol. The van der Waals surface area contributed by atoms with Gasteiger partial charge >= 0.3 is 0 Å². The van der Waals surface area contributed by atoms with E-state index in [1.165, 1.54) is 4.90 Å². The maximum absolute atomic E-state index is 14.0. The number of likely N-dealkylation sites (N-methyl/N-ethyl adjacent to an activating group) is 1. The van der Waals surface area contributed by atoms with Crippen LogP contribution in [-0.2, 0) is 26.2 Å². The molecule has 0 aromatic heterocycles. The summed E-state index contributed by atoms with van der Waals surface area (Å²) >= 11 is 0. The van der Waals surface area contributed by atoms with Crippen molar-refractivity contribution in [2.45, 2.75) is 52.1 Å². The van der Waals surface area contributed by atoms with Gasteiger partial charge in [0.05, 0.1) is 17.7 Å². The van der Waals surface area contributed by atoms with E-state index in [-0.39, 0.29) is 17.3 Å². The molecule has 0 heterocycles. The third-order valence-corrected chi connectivity index (χ3v) is 8.33. The van der Waals surface area contributed by atoms with Gasteiger partial charge in [0, 0.05) is 13.1 Å². The summed E-state index contributed by atoms with van der Waals surface area (Å²) in [5, 5.41) is 2.76. The molecule has 3 aromatic rings. The van der Waals surface area contributed by atoms with Gasteiger partial charge in [-0.15, -0.1) is 0 Å². The first-order valence-corrected chi connectivity index (χ1v) is 14.3. The molecule has 9 heteroatoms. The average Bonchev–Trinajstić information content (AvgIpc) is 2.92. The summed E-state index contributed by atoms with van der Waals surface area (Å²) in [6.07, 6.45) is 0. The van der Waals surface area contributed by atoms with Gasteiger partial charge < -0.3 is 15.0 Å². The van der Waals surface area contributed by atoms with Crippen molar-refractivity contribution in [3.8, 4) is 5.75 Å². The number of carbonyl (C=O) groups excluding carboxylic acids is 2. The maximum atomic E-state index is 14.0. The Morgan fingerprint density at radius 3 is 2.13 bits per heavy atom. The van der Waals surface area contributed by atoms with Crippen LogP contribution in [0.1, 0.15) is 36.1 Å². The minimum atomic E-state index is -4.11. The molecule has 0 fully saturated rings. The van der Waals surface area contributed by atoms with Crippen molar-refractivity contribution >= 4 is 27.5 Å². The Hall–Kier alpha value is -3.85. The molecule has 0 aliphatic heterocycles. The molecule has 0 aliphatic rings. The molecule has 3 rings (SSSR count). The molecule has 1 atom stereocenters. The number of nitrogens with one attached hydrogen (secondary N) is 1. The summed E-state index contributed by atoms with van der Waals surface area (Å²) in [7, 11) is -2.54. The van der Waals surface area contributed by atoms with Crippen LogP contribution in [0.5, 0.6) is 5.75 Å². The largest absolute Gasteiger partial charge is 0.497 e. The lowest BCUT2D eigenvalue weighted by atomic mass is 10.1. The molecular formula is C30H37N3O5S. The molecule has 0 unspecified atom stereocenters. The predicted molar refractivity (Wildman–Crippen MR) is 153 cm³/mol. The Balaban J connectivity index is 2.06. The summed E-state index contributed by atoms with van der Waals surface area (Å²) < 4.78 is 34.3. The molecule has 1 N–H and O–H groups in total. The lowest BCUT2D eigenvalue weighted by Crippen LogP contribution is -2.51. The number of benzene rings is 3. The number of rotatable bonds is 11. The standard InChI is InChI=1S/C30H37N3O5S/c1-7-31-30(35)24(5)32(19-25-12-14-26(38-6)15-13-25)29(34)20-33(28-18-22(3)8-11-23(28)4)39(36,37)27-16-9-21(2)10-17-27/h8-18,24H,7,19-20H2,1-6H3,(H,31,35)/t24-/m1/s1. The van der Waals surface area contributed by atoms with Crippen LogP contribution in [0.4, 0.5) is 5.69 Å². The fraction of sp³-hybridized carbons (Fsp3) is 0.333. The normalized spacial score (nSPS) is 11.9. The fourth-order valence-corrected chi connectivity index (χ4v) is 5.64. The zero-order chi connectivity index (χ0) is 28.7. The van der Waals surface area contributed by atoms with Crippen LogP contribution in [-0.4, -0.2) is 51.4 Å². The molecule has 0 spiro atoms. The molecule has 0 saturated carbocycles. The Bertz CT molecular complexity index is 1400. The second-order valence-electron chi connectivity index (χ2n) is 9.55. The van der Waals surface area contributed by atoms with Crippen LogP contribution >= 0.6 is 0 Å². The Morgan fingerprint density at radius 2 is 1.54 bits per heavy atom. The molecule has 208 valence electrons. The number of amides is 2. The number of ether oxygens (including phenoxy) is 1. The van der Waals surface area contributed by atoms with Crippen LogP contribution in [0, 0.1) is 20.8 Å². The van der Waals surface area contributed by atoms with Gasteiger partial charge in [0.15, 0.2) is 0 Å². The van der Waals surface area contributed by atoms with E-state index in [1.807, 2.05) is 45.0 Å². The highest BCUT2D eigenvalue weighted by Crippen LogP contribution is 2.29. The smallest absolute Gasteiger partial charge is 0.264 e. The number of hydrogen-bond acceptors (Lipinski definition) is 5. The van der Waals surface area contributed by atoms with Gasteiger partial charge in [-0.3, -0.25) is 13.9 Å². The number of aryl methyl sites for hydroxylation is 3. The Morgan fingerprint density at radius 1 is 0.923 bits per heavy atom. The predicted octanol–water partition coefficient (Wildman–Crippen LogP) is 4.37. The second kappa shape index (κ2) is 12.8. The Kier molecular flexibility index (Phi) is 9.75. The van der Waals surface area contributed by atoms with Gasteiger partial charge in [0.2, 0.25) is 11.8 Å². The van der Waals surface area contributed by atoms with Crippen molar-refractivity contribution in [3.63, 3.8) is 0 Å². The van der Waals surface area contributed by atoms with E-state index in [9.17, 15) is 18.0 Å². The molecule has 0 bridgehead atoms. The van der Waals surface area contributed by atoms with Crippen molar-refractivity contribution in [2.75, 3.05) is 24.5 Å². The van der Waals surface area contributed by atoms with Crippen LogP contribution in [0.2, 0.25) is 0 Å². The highest BCUT2D eigenvalue weighted by molar-refractivity contribution is 7.92. The maximum Gasteiger partial charge on any atom is 0.264 e. The fourth-order valence-electron chi connectivity index (χ4n) is 4.17. The van der Waals surface area contributed by atoms with Crippen LogP contribution in [0.25, 0.3) is 0 Å². The van der Waals surface area contributed by atoms with Crippen LogP contribution < -0.4 is 14.4 Å². The SMILES string of the molecule is CCNC(=O)[C@@H](C)N(Cc1ccc(OC)cc1)C(=O)CN(c1cc(C)ccc1C)S(=O)(=O)c1ccc(C)cc1. The molecule has 8 nitrogen and oxygen atoms in total. The van der Waals surface area contributed by atoms with Gasteiger partial charge in [-0.1, -0.05) is 42.0 Å². The molecule has 3 aromatic carbocycles. The van der Waals surface area contributed by atoms with Gasteiger partial charge in [-0.2, -0.15) is 0 Å². The van der Waals surface area contributed by atoms with Crippen molar-refractivity contribution in [1.82, 2.24) is 10.2 Å². The minimum absolute atomic E-state index is 0.0836. The van der Waals surface area contributed by atoms with Crippen molar-refractivity contribution in [2.24, 2.45) is 0 Å². The van der Waals surface area contributed by atoms with Gasteiger partial charge in [0.25, 0.3) is 10.0 Å². The van der Waals surface area contributed by atoms with Gasteiger partial charge in [-0.25, -0.2) is 8.42 Å². The van der Waals surface area contributed by atoms with E-state index < -0.39 is 28.5 Å². The summed E-state index contributed by atoms with van der Waals surface area (Å²) in [5.74, 6) is -0.154. The van der Waals surface area contributed by atoms with Gasteiger partial charge in [0.1, 0.15) is 18.3 Å². The summed E-state index contributed by atoms with van der Waals surface area (Å²) in [6.45, 7) is 9.05. The second-order valence-corrected chi connectivity index (χ2v) is 11.4. The first-order chi connectivity index (χ1) is 18.5. The van der Waals surface area contributed by atoms with Gasteiger partial charge in [-0.05, 0) is 81.6 Å². The quantitative estimate of drug-likeness (QED) is 0.382. The highest BCUT2D eigenvalue weighted by Gasteiger charge is 2.33. The number of anilines is 1. The number of methoxy groups -OCH3 is 1. The number of hydrogen-bond donors (Lipinski definition) is 1. The van der Waals surface area contributed by atoms with Crippen molar-refractivity contribution in [1.29, 1.82) is 0 Å². The first kappa shape index (κ1) is 29.7. The lowest BCUT2D eigenvalue weighted by Gasteiger charge is -2.32. The number of sulfonamides is 1. The van der Waals surface area contributed by atoms with E-state index in [4.69, 9.17) is 4.74 Å². The van der Waals surface area contributed by atoms with E-state index in [0.29, 0.717) is 23.5 Å². The summed E-state index contributed by atoms with van der Waals surface area (Å²) in [5.41, 5.74) is 3.68. The molecule has 0 radical (unpaired) electrons. The van der Waals surface area contributed by atoms with E-state index in [1.54, 1.807) is 63.4 Å². The molecule has 0 aliphatic carbocycles.